The zero-order valence-corrected chi connectivity index (χ0v) is 13.6. The molecular formula is C14H22Cl2N2O2. The van der Waals surface area contributed by atoms with E-state index < -0.39 is 0 Å². The molecule has 3 N–H and O–H groups in total. The van der Waals surface area contributed by atoms with E-state index in [4.69, 9.17) is 22.1 Å². The third-order valence-electron chi connectivity index (χ3n) is 3.42. The summed E-state index contributed by atoms with van der Waals surface area (Å²) in [5, 5.41) is 3.34. The Morgan fingerprint density at radius 1 is 1.40 bits per heavy atom. The first kappa shape index (κ1) is 19.0. The Bertz CT molecular complexity index is 449. The summed E-state index contributed by atoms with van der Waals surface area (Å²) < 4.78 is 5.16. The molecule has 0 atom stereocenters. The Morgan fingerprint density at radius 2 is 2.00 bits per heavy atom. The highest BCUT2D eigenvalue weighted by atomic mass is 35.5. The first-order valence-corrected chi connectivity index (χ1v) is 6.74. The Balaban J connectivity index is 0.00000361. The van der Waals surface area contributed by atoms with Gasteiger partial charge < -0.3 is 15.8 Å². The van der Waals surface area contributed by atoms with Crippen LogP contribution in [0.3, 0.4) is 0 Å². The van der Waals surface area contributed by atoms with Gasteiger partial charge in [0.2, 0.25) is 0 Å². The van der Waals surface area contributed by atoms with Gasteiger partial charge in [0.1, 0.15) is 5.75 Å². The summed E-state index contributed by atoms with van der Waals surface area (Å²) in [7, 11) is 1.52. The smallest absolute Gasteiger partial charge is 0.255 e. The van der Waals surface area contributed by atoms with Gasteiger partial charge in [-0.25, -0.2) is 0 Å². The highest BCUT2D eigenvalue weighted by Gasteiger charge is 2.22. The van der Waals surface area contributed by atoms with Crippen LogP contribution in [0.1, 0.15) is 37.0 Å². The number of nitrogens with one attached hydrogen (secondary N) is 1. The summed E-state index contributed by atoms with van der Waals surface area (Å²) in [6, 6.07) is 4.95. The molecule has 0 bridgehead atoms. The third-order valence-corrected chi connectivity index (χ3v) is 3.65. The Labute approximate surface area is 131 Å². The zero-order chi connectivity index (χ0) is 14.5. The maximum Gasteiger partial charge on any atom is 0.255 e. The summed E-state index contributed by atoms with van der Waals surface area (Å²) in [6.07, 6.45) is 1.60. The average Bonchev–Trinajstić information content (AvgIpc) is 2.44. The van der Waals surface area contributed by atoms with Crippen molar-refractivity contribution in [2.45, 2.75) is 32.2 Å². The molecule has 0 aliphatic rings. The minimum Gasteiger partial charge on any atom is -0.496 e. The second kappa shape index (κ2) is 8.35. The van der Waals surface area contributed by atoms with Crippen molar-refractivity contribution in [2.24, 2.45) is 5.73 Å². The number of carbonyl (C=O) groups excluding carboxylic acids is 1. The van der Waals surface area contributed by atoms with Crippen LogP contribution < -0.4 is 15.8 Å². The van der Waals surface area contributed by atoms with E-state index in [0.717, 1.165) is 12.8 Å². The number of carbonyl (C=O) groups is 1. The molecule has 0 saturated carbocycles. The first-order chi connectivity index (χ1) is 8.95. The lowest BCUT2D eigenvalue weighted by molar-refractivity contribution is 0.0939. The predicted octanol–water partition coefficient (Wildman–Crippen LogP) is 3.02. The van der Waals surface area contributed by atoms with Crippen LogP contribution in [0.4, 0.5) is 0 Å². The molecule has 4 nitrogen and oxygen atoms in total. The number of nitrogens with two attached hydrogens (primary N) is 1. The van der Waals surface area contributed by atoms with Crippen LogP contribution in [0, 0.1) is 0 Å². The molecule has 114 valence electrons. The monoisotopic (exact) mass is 320 g/mol. The molecule has 0 aromatic heterocycles. The summed E-state index contributed by atoms with van der Waals surface area (Å²) in [5.41, 5.74) is 6.20. The lowest BCUT2D eigenvalue weighted by atomic mass is 9.94. The van der Waals surface area contributed by atoms with E-state index >= 15 is 0 Å². The van der Waals surface area contributed by atoms with Gasteiger partial charge in [0, 0.05) is 17.1 Å². The largest absolute Gasteiger partial charge is 0.496 e. The number of halogens is 2. The van der Waals surface area contributed by atoms with Gasteiger partial charge in [-0.2, -0.15) is 0 Å². The highest BCUT2D eigenvalue weighted by Crippen LogP contribution is 2.22. The first-order valence-electron chi connectivity index (χ1n) is 6.36. The molecule has 0 fully saturated rings. The zero-order valence-electron chi connectivity index (χ0n) is 12.0. The molecule has 0 saturated heterocycles. The molecule has 0 aliphatic carbocycles. The lowest BCUT2D eigenvalue weighted by Crippen LogP contribution is -2.49. The van der Waals surface area contributed by atoms with Gasteiger partial charge in [0.05, 0.1) is 12.7 Å². The summed E-state index contributed by atoms with van der Waals surface area (Å²) >= 11 is 5.90. The Hall–Kier alpha value is -0.970. The molecule has 1 aromatic carbocycles. The second-order valence-corrected chi connectivity index (χ2v) is 5.03. The Kier molecular flexibility index (Phi) is 7.94. The van der Waals surface area contributed by atoms with Crippen LogP contribution in [0.5, 0.6) is 5.75 Å². The number of methoxy groups -OCH3 is 1. The van der Waals surface area contributed by atoms with E-state index in [-0.39, 0.29) is 23.9 Å². The minimum absolute atomic E-state index is 0. The molecular weight excluding hydrogens is 299 g/mol. The van der Waals surface area contributed by atoms with E-state index in [2.05, 4.69) is 5.32 Å². The molecule has 6 heteroatoms. The molecule has 0 aliphatic heterocycles. The standard InChI is InChI=1S/C14H21ClN2O2.ClH/c1-4-14(16,5-2)9-17-13(18)11-8-10(15)6-7-12(11)19-3;/h6-8H,4-5,9,16H2,1-3H3,(H,17,18);1H. The normalized spacial score (nSPS) is 10.7. The van der Waals surface area contributed by atoms with Gasteiger partial charge in [-0.15, -0.1) is 12.4 Å². The van der Waals surface area contributed by atoms with E-state index in [9.17, 15) is 4.79 Å². The van der Waals surface area contributed by atoms with Crippen molar-refractivity contribution in [2.75, 3.05) is 13.7 Å². The predicted molar refractivity (Wildman–Crippen MR) is 85.1 cm³/mol. The fraction of sp³-hybridized carbons (Fsp3) is 0.500. The van der Waals surface area contributed by atoms with Crippen LogP contribution >= 0.6 is 24.0 Å². The topological polar surface area (TPSA) is 64.3 Å². The fourth-order valence-electron chi connectivity index (χ4n) is 1.71. The Morgan fingerprint density at radius 3 is 2.50 bits per heavy atom. The number of rotatable bonds is 6. The van der Waals surface area contributed by atoms with Crippen LogP contribution in [0.25, 0.3) is 0 Å². The van der Waals surface area contributed by atoms with Crippen molar-refractivity contribution in [1.29, 1.82) is 0 Å². The van der Waals surface area contributed by atoms with E-state index in [1.165, 1.54) is 7.11 Å². The fourth-order valence-corrected chi connectivity index (χ4v) is 1.88. The second-order valence-electron chi connectivity index (χ2n) is 4.60. The van der Waals surface area contributed by atoms with Crippen LogP contribution in [-0.4, -0.2) is 25.1 Å². The number of benzene rings is 1. The van der Waals surface area contributed by atoms with Gasteiger partial charge in [-0.3, -0.25) is 4.79 Å². The number of hydrogen-bond acceptors (Lipinski definition) is 3. The van der Waals surface area contributed by atoms with Crippen LogP contribution in [-0.2, 0) is 0 Å². The number of amides is 1. The van der Waals surface area contributed by atoms with Crippen molar-refractivity contribution < 1.29 is 9.53 Å². The van der Waals surface area contributed by atoms with Crippen molar-refractivity contribution in [1.82, 2.24) is 5.32 Å². The van der Waals surface area contributed by atoms with Gasteiger partial charge in [0.15, 0.2) is 0 Å². The summed E-state index contributed by atoms with van der Waals surface area (Å²) in [4.78, 5) is 12.1. The van der Waals surface area contributed by atoms with Gasteiger partial charge in [-0.05, 0) is 31.0 Å². The van der Waals surface area contributed by atoms with Crippen molar-refractivity contribution in [3.8, 4) is 5.75 Å². The van der Waals surface area contributed by atoms with E-state index in [1.807, 2.05) is 13.8 Å². The van der Waals surface area contributed by atoms with Crippen LogP contribution in [0.15, 0.2) is 18.2 Å². The highest BCUT2D eigenvalue weighted by molar-refractivity contribution is 6.31. The SMILES string of the molecule is CCC(N)(CC)CNC(=O)c1cc(Cl)ccc1OC.Cl. The van der Waals surface area contributed by atoms with Crippen molar-refractivity contribution in [3.05, 3.63) is 28.8 Å². The summed E-state index contributed by atoms with van der Waals surface area (Å²) in [6.45, 7) is 4.44. The molecule has 0 unspecified atom stereocenters. The maximum atomic E-state index is 12.1. The number of hydrogen-bond donors (Lipinski definition) is 2. The maximum absolute atomic E-state index is 12.1. The van der Waals surface area contributed by atoms with Crippen LogP contribution in [0.2, 0.25) is 5.02 Å². The number of ether oxygens (including phenoxy) is 1. The third kappa shape index (κ3) is 4.85. The molecule has 0 spiro atoms. The summed E-state index contributed by atoms with van der Waals surface area (Å²) in [5.74, 6) is 0.272. The van der Waals surface area contributed by atoms with E-state index in [1.54, 1.807) is 18.2 Å². The molecule has 1 amide bonds. The molecule has 1 rings (SSSR count). The molecule has 1 aromatic rings. The molecule has 0 heterocycles. The van der Waals surface area contributed by atoms with E-state index in [0.29, 0.717) is 22.9 Å². The van der Waals surface area contributed by atoms with Gasteiger partial charge in [0.25, 0.3) is 5.91 Å². The minimum atomic E-state index is -0.374. The lowest BCUT2D eigenvalue weighted by Gasteiger charge is -2.26. The molecule has 20 heavy (non-hydrogen) atoms. The quantitative estimate of drug-likeness (QED) is 0.846. The molecule has 0 radical (unpaired) electrons. The van der Waals surface area contributed by atoms with Gasteiger partial charge in [-0.1, -0.05) is 25.4 Å². The average molecular weight is 321 g/mol. The van der Waals surface area contributed by atoms with Crippen molar-refractivity contribution in [3.63, 3.8) is 0 Å². The van der Waals surface area contributed by atoms with Crippen molar-refractivity contribution >= 4 is 29.9 Å². The van der Waals surface area contributed by atoms with Gasteiger partial charge >= 0.3 is 0 Å².